The summed E-state index contributed by atoms with van der Waals surface area (Å²) in [5.41, 5.74) is 4.94. The van der Waals surface area contributed by atoms with E-state index in [1.54, 1.807) is 0 Å². The molecule has 0 aromatic carbocycles. The first kappa shape index (κ1) is 11.1. The number of aliphatic carboxylic acids is 1. The van der Waals surface area contributed by atoms with Gasteiger partial charge in [-0.1, -0.05) is 0 Å². The van der Waals surface area contributed by atoms with Crippen LogP contribution in [-0.2, 0) is 4.79 Å². The number of halogens is 1. The van der Waals surface area contributed by atoms with Gasteiger partial charge in [0.2, 0.25) is 0 Å². The molecule has 5 heteroatoms. The van der Waals surface area contributed by atoms with Gasteiger partial charge in [-0.05, 0) is 0 Å². The predicted molar refractivity (Wildman–Crippen MR) is 39.8 cm³/mol. The highest BCUT2D eigenvalue weighted by atomic mass is 79.9. The lowest BCUT2D eigenvalue weighted by atomic mass is 10.4. The summed E-state index contributed by atoms with van der Waals surface area (Å²) in [6.45, 7) is 0. The van der Waals surface area contributed by atoms with Gasteiger partial charge in [0.05, 0.1) is 0 Å². The zero-order valence-corrected chi connectivity index (χ0v) is 6.68. The quantitative estimate of drug-likeness (QED) is 0.548. The highest BCUT2D eigenvalue weighted by Crippen LogP contribution is 1.80. The molecule has 0 rings (SSSR count). The molecule has 3 N–H and O–H groups in total. The van der Waals surface area contributed by atoms with E-state index in [0.29, 0.717) is 0 Å². The van der Waals surface area contributed by atoms with Crippen LogP contribution in [0.25, 0.3) is 0 Å². The molecule has 0 aliphatic rings. The molecule has 0 bridgehead atoms. The Bertz CT molecular complexity index is 79.7. The van der Waals surface area contributed by atoms with Gasteiger partial charge >= 0.3 is 5.97 Å². The minimum Gasteiger partial charge on any atom is -0.480 e. The van der Waals surface area contributed by atoms with Gasteiger partial charge < -0.3 is 10.8 Å². The fraction of sp³-hybridized carbons (Fsp3) is 0.667. The van der Waals surface area contributed by atoms with E-state index in [2.05, 4.69) is 12.6 Å². The van der Waals surface area contributed by atoms with Gasteiger partial charge in [-0.25, -0.2) is 0 Å². The molecule has 1 atom stereocenters. The largest absolute Gasteiger partial charge is 0.480 e. The third-order valence-electron chi connectivity index (χ3n) is 0.514. The van der Waals surface area contributed by atoms with Crippen LogP contribution < -0.4 is 5.73 Å². The minimum absolute atomic E-state index is 0. The predicted octanol–water partition coefficient (Wildman–Crippen LogP) is -0.0940. The molecule has 0 fully saturated rings. The molecule has 0 saturated heterocycles. The number of hydrogen-bond donors (Lipinski definition) is 3. The molecule has 0 spiro atoms. The molecule has 0 aromatic heterocycles. The highest BCUT2D eigenvalue weighted by molar-refractivity contribution is 8.93. The van der Waals surface area contributed by atoms with Crippen molar-refractivity contribution in [2.24, 2.45) is 5.73 Å². The maximum Gasteiger partial charge on any atom is 0.321 e. The van der Waals surface area contributed by atoms with Crippen LogP contribution in [0, 0.1) is 0 Å². The molecule has 50 valence electrons. The van der Waals surface area contributed by atoms with Crippen LogP contribution in [0.15, 0.2) is 0 Å². The van der Waals surface area contributed by atoms with Crippen molar-refractivity contribution in [2.45, 2.75) is 6.04 Å². The SMILES string of the molecule is Br.N[C@@H](CS)C(=O)O. The molecule has 0 aromatic rings. The van der Waals surface area contributed by atoms with Crippen LogP contribution in [0.4, 0.5) is 0 Å². The Hall–Kier alpha value is 0.260. The van der Waals surface area contributed by atoms with Crippen LogP contribution in [0.3, 0.4) is 0 Å². The summed E-state index contributed by atoms with van der Waals surface area (Å²) in [4.78, 5) is 9.76. The second-order valence-corrected chi connectivity index (χ2v) is 1.49. The normalized spacial score (nSPS) is 11.8. The van der Waals surface area contributed by atoms with Crippen LogP contribution in [0.5, 0.6) is 0 Å². The molecule has 0 radical (unpaired) electrons. The molecule has 0 unspecified atom stereocenters. The van der Waals surface area contributed by atoms with E-state index >= 15 is 0 Å². The lowest BCUT2D eigenvalue weighted by Gasteiger charge is -1.96. The van der Waals surface area contributed by atoms with Crippen molar-refractivity contribution >= 4 is 35.6 Å². The summed E-state index contributed by atoms with van der Waals surface area (Å²) in [7, 11) is 0. The third kappa shape index (κ3) is 4.42. The lowest BCUT2D eigenvalue weighted by Crippen LogP contribution is -2.31. The Balaban J connectivity index is 0. The Morgan fingerprint density at radius 2 is 2.25 bits per heavy atom. The van der Waals surface area contributed by atoms with Crippen LogP contribution >= 0.6 is 29.6 Å². The molecule has 0 saturated carbocycles. The molecule has 0 heterocycles. The van der Waals surface area contributed by atoms with Gasteiger partial charge in [0.1, 0.15) is 6.04 Å². The number of thiol groups is 1. The fourth-order valence-corrected chi connectivity index (χ4v) is 0.234. The smallest absolute Gasteiger partial charge is 0.321 e. The number of rotatable bonds is 2. The lowest BCUT2D eigenvalue weighted by molar-refractivity contribution is -0.137. The summed E-state index contributed by atoms with van der Waals surface area (Å²) in [5.74, 6) is -0.815. The summed E-state index contributed by atoms with van der Waals surface area (Å²) in [5, 5.41) is 8.01. The maximum absolute atomic E-state index is 9.76. The Labute approximate surface area is 63.4 Å². The van der Waals surface area contributed by atoms with E-state index in [4.69, 9.17) is 10.8 Å². The Morgan fingerprint density at radius 3 is 2.25 bits per heavy atom. The number of hydrogen-bond acceptors (Lipinski definition) is 3. The van der Waals surface area contributed by atoms with E-state index in [-0.39, 0.29) is 22.7 Å². The molecule has 0 amide bonds. The molecule has 0 aliphatic carbocycles. The van der Waals surface area contributed by atoms with Crippen molar-refractivity contribution in [2.75, 3.05) is 5.75 Å². The molecular formula is C3H8BrNO2S. The van der Waals surface area contributed by atoms with Gasteiger partial charge in [0.15, 0.2) is 0 Å². The number of nitrogens with two attached hydrogens (primary N) is 1. The molecule has 8 heavy (non-hydrogen) atoms. The first-order valence-electron chi connectivity index (χ1n) is 1.77. The first-order chi connectivity index (χ1) is 3.18. The second kappa shape index (κ2) is 5.40. The molecule has 0 aliphatic heterocycles. The van der Waals surface area contributed by atoms with Crippen molar-refractivity contribution < 1.29 is 9.90 Å². The Kier molecular flexibility index (Phi) is 7.50. The number of carboxylic acids is 1. The first-order valence-corrected chi connectivity index (χ1v) is 2.41. The van der Waals surface area contributed by atoms with Gasteiger partial charge in [0, 0.05) is 5.75 Å². The zero-order chi connectivity index (χ0) is 5.86. The average Bonchev–Trinajstić information content (AvgIpc) is 1.65. The van der Waals surface area contributed by atoms with Crippen LogP contribution in [0.1, 0.15) is 0 Å². The minimum atomic E-state index is -1.00. The van der Waals surface area contributed by atoms with Gasteiger partial charge in [-0.2, -0.15) is 12.6 Å². The van der Waals surface area contributed by atoms with Gasteiger partial charge in [-0.3, -0.25) is 4.79 Å². The van der Waals surface area contributed by atoms with E-state index in [1.165, 1.54) is 0 Å². The van der Waals surface area contributed by atoms with Crippen molar-refractivity contribution in [3.63, 3.8) is 0 Å². The highest BCUT2D eigenvalue weighted by Gasteiger charge is 2.06. The van der Waals surface area contributed by atoms with Crippen molar-refractivity contribution in [1.82, 2.24) is 0 Å². The summed E-state index contributed by atoms with van der Waals surface area (Å²) in [6, 6.07) is -0.816. The summed E-state index contributed by atoms with van der Waals surface area (Å²) < 4.78 is 0. The monoisotopic (exact) mass is 201 g/mol. The number of carboxylic acid groups (broad SMARTS) is 1. The van der Waals surface area contributed by atoms with Crippen molar-refractivity contribution in [3.8, 4) is 0 Å². The van der Waals surface area contributed by atoms with Gasteiger partial charge in [0.25, 0.3) is 0 Å². The maximum atomic E-state index is 9.76. The van der Waals surface area contributed by atoms with Crippen LogP contribution in [-0.4, -0.2) is 22.9 Å². The summed E-state index contributed by atoms with van der Waals surface area (Å²) >= 11 is 3.65. The van der Waals surface area contributed by atoms with E-state index in [1.807, 2.05) is 0 Å². The van der Waals surface area contributed by atoms with Crippen molar-refractivity contribution in [1.29, 1.82) is 0 Å². The van der Waals surface area contributed by atoms with Gasteiger partial charge in [-0.15, -0.1) is 17.0 Å². The number of carbonyl (C=O) groups is 1. The van der Waals surface area contributed by atoms with E-state index in [9.17, 15) is 4.79 Å². The topological polar surface area (TPSA) is 63.3 Å². The Morgan fingerprint density at radius 1 is 1.88 bits per heavy atom. The molecular weight excluding hydrogens is 194 g/mol. The third-order valence-corrected chi connectivity index (χ3v) is 0.907. The second-order valence-electron chi connectivity index (χ2n) is 1.13. The zero-order valence-electron chi connectivity index (χ0n) is 4.07. The van der Waals surface area contributed by atoms with E-state index in [0.717, 1.165) is 0 Å². The average molecular weight is 202 g/mol. The fourth-order valence-electron chi connectivity index (χ4n) is 0.0781. The van der Waals surface area contributed by atoms with Crippen LogP contribution in [0.2, 0.25) is 0 Å². The van der Waals surface area contributed by atoms with E-state index < -0.39 is 12.0 Å². The summed E-state index contributed by atoms with van der Waals surface area (Å²) in [6.07, 6.45) is 0. The molecule has 3 nitrogen and oxygen atoms in total. The van der Waals surface area contributed by atoms with Crippen molar-refractivity contribution in [3.05, 3.63) is 0 Å². The standard InChI is InChI=1S/C3H7NO2S.BrH/c4-2(1-7)3(5)6;/h2,7H,1,4H2,(H,5,6);1H/t2-;/m0./s1.